The molecule has 0 amide bonds. The van der Waals surface area contributed by atoms with Crippen LogP contribution in [0, 0.1) is 13.8 Å². The quantitative estimate of drug-likeness (QED) is 0.827. The van der Waals surface area contributed by atoms with Crippen molar-refractivity contribution in [1.29, 1.82) is 0 Å². The standard InChI is InChI=1S/C18H22ClN/c1-4-15(14-8-6-5-7-9-14)18(20)16-10-13(3)17(19)11-12(16)2/h5-11,15,18H,4,20H2,1-3H3. The number of hydrogen-bond acceptors (Lipinski definition) is 1. The number of nitrogens with two attached hydrogens (primary N) is 1. The van der Waals surface area contributed by atoms with Gasteiger partial charge in [-0.2, -0.15) is 0 Å². The molecular weight excluding hydrogens is 266 g/mol. The molecule has 2 N–H and O–H groups in total. The van der Waals surface area contributed by atoms with Crippen molar-refractivity contribution in [2.24, 2.45) is 5.73 Å². The van der Waals surface area contributed by atoms with E-state index in [-0.39, 0.29) is 6.04 Å². The van der Waals surface area contributed by atoms with Crippen LogP contribution in [-0.2, 0) is 0 Å². The molecule has 0 aliphatic heterocycles. The molecule has 0 spiro atoms. The third-order valence-electron chi connectivity index (χ3n) is 4.01. The van der Waals surface area contributed by atoms with E-state index in [2.05, 4.69) is 44.2 Å². The Morgan fingerprint density at radius 2 is 1.70 bits per heavy atom. The van der Waals surface area contributed by atoms with Gasteiger partial charge >= 0.3 is 0 Å². The van der Waals surface area contributed by atoms with Gasteiger partial charge in [-0.15, -0.1) is 0 Å². The molecule has 2 heteroatoms. The zero-order chi connectivity index (χ0) is 14.7. The molecule has 2 aromatic carbocycles. The third-order valence-corrected chi connectivity index (χ3v) is 4.41. The van der Waals surface area contributed by atoms with Gasteiger partial charge < -0.3 is 5.73 Å². The van der Waals surface area contributed by atoms with E-state index in [1.165, 1.54) is 16.7 Å². The van der Waals surface area contributed by atoms with Crippen LogP contribution in [0.1, 0.15) is 47.6 Å². The molecular formula is C18H22ClN. The molecule has 0 fully saturated rings. The van der Waals surface area contributed by atoms with Crippen molar-refractivity contribution >= 4 is 11.6 Å². The lowest BCUT2D eigenvalue weighted by atomic mass is 9.84. The minimum atomic E-state index is -0.00151. The van der Waals surface area contributed by atoms with Gasteiger partial charge in [-0.3, -0.25) is 0 Å². The highest BCUT2D eigenvalue weighted by Gasteiger charge is 2.21. The second-order valence-corrected chi connectivity index (χ2v) is 5.82. The molecule has 1 nitrogen and oxygen atoms in total. The maximum absolute atomic E-state index is 6.56. The normalized spacial score (nSPS) is 14.1. The number of aryl methyl sites for hydroxylation is 2. The summed E-state index contributed by atoms with van der Waals surface area (Å²) in [6.45, 7) is 6.30. The summed E-state index contributed by atoms with van der Waals surface area (Å²) in [6, 6.07) is 14.7. The maximum atomic E-state index is 6.56. The van der Waals surface area contributed by atoms with Crippen LogP contribution in [0.4, 0.5) is 0 Å². The Morgan fingerprint density at radius 1 is 1.05 bits per heavy atom. The molecule has 106 valence electrons. The fraction of sp³-hybridized carbons (Fsp3) is 0.333. The van der Waals surface area contributed by atoms with Crippen molar-refractivity contribution in [3.8, 4) is 0 Å². The second-order valence-electron chi connectivity index (χ2n) is 5.41. The Labute approximate surface area is 126 Å². The molecule has 0 aromatic heterocycles. The third kappa shape index (κ3) is 3.05. The van der Waals surface area contributed by atoms with E-state index >= 15 is 0 Å². The van der Waals surface area contributed by atoms with Crippen LogP contribution in [0.15, 0.2) is 42.5 Å². The Balaban J connectivity index is 2.39. The van der Waals surface area contributed by atoms with Crippen molar-refractivity contribution in [2.75, 3.05) is 0 Å². The van der Waals surface area contributed by atoms with Crippen molar-refractivity contribution in [2.45, 2.75) is 39.2 Å². The number of benzene rings is 2. The molecule has 20 heavy (non-hydrogen) atoms. The van der Waals surface area contributed by atoms with Crippen LogP contribution in [-0.4, -0.2) is 0 Å². The van der Waals surface area contributed by atoms with E-state index in [0.717, 1.165) is 17.0 Å². The fourth-order valence-electron chi connectivity index (χ4n) is 2.78. The van der Waals surface area contributed by atoms with Crippen molar-refractivity contribution in [3.05, 3.63) is 69.7 Å². The first-order valence-corrected chi connectivity index (χ1v) is 7.49. The molecule has 0 heterocycles. The highest BCUT2D eigenvalue weighted by atomic mass is 35.5. The molecule has 0 radical (unpaired) electrons. The Bertz CT molecular complexity index is 577. The largest absolute Gasteiger partial charge is 0.323 e. The summed E-state index contributed by atoms with van der Waals surface area (Å²) in [5.41, 5.74) is 11.3. The van der Waals surface area contributed by atoms with E-state index in [1.54, 1.807) is 0 Å². The van der Waals surface area contributed by atoms with Gasteiger partial charge in [-0.05, 0) is 48.6 Å². The fourth-order valence-corrected chi connectivity index (χ4v) is 2.99. The monoisotopic (exact) mass is 287 g/mol. The number of halogens is 1. The minimum Gasteiger partial charge on any atom is -0.323 e. The topological polar surface area (TPSA) is 26.0 Å². The van der Waals surface area contributed by atoms with Gasteiger partial charge in [0.05, 0.1) is 0 Å². The Kier molecular flexibility index (Phi) is 4.85. The zero-order valence-corrected chi connectivity index (χ0v) is 13.1. The summed E-state index contributed by atoms with van der Waals surface area (Å²) in [5, 5.41) is 0.811. The molecule has 0 aliphatic carbocycles. The summed E-state index contributed by atoms with van der Waals surface area (Å²) in [6.07, 6.45) is 1.02. The van der Waals surface area contributed by atoms with Gasteiger partial charge in [0.1, 0.15) is 0 Å². The van der Waals surface area contributed by atoms with Gasteiger partial charge in [0.15, 0.2) is 0 Å². The molecule has 2 unspecified atom stereocenters. The van der Waals surface area contributed by atoms with Gasteiger partial charge in [0.2, 0.25) is 0 Å². The van der Waals surface area contributed by atoms with Crippen LogP contribution in [0.5, 0.6) is 0 Å². The molecule has 2 atom stereocenters. The van der Waals surface area contributed by atoms with E-state index in [0.29, 0.717) is 5.92 Å². The summed E-state index contributed by atoms with van der Waals surface area (Å²) >= 11 is 6.18. The smallest absolute Gasteiger partial charge is 0.0438 e. The second kappa shape index (κ2) is 6.43. The molecule has 0 bridgehead atoms. The zero-order valence-electron chi connectivity index (χ0n) is 12.4. The number of rotatable bonds is 4. The maximum Gasteiger partial charge on any atom is 0.0438 e. The van der Waals surface area contributed by atoms with Crippen LogP contribution in [0.3, 0.4) is 0 Å². The van der Waals surface area contributed by atoms with Crippen LogP contribution in [0.2, 0.25) is 5.02 Å². The summed E-state index contributed by atoms with van der Waals surface area (Å²) in [4.78, 5) is 0. The minimum absolute atomic E-state index is 0.00151. The first-order valence-electron chi connectivity index (χ1n) is 7.11. The molecule has 2 aromatic rings. The van der Waals surface area contributed by atoms with Gasteiger partial charge in [-0.25, -0.2) is 0 Å². The first-order chi connectivity index (χ1) is 9.54. The van der Waals surface area contributed by atoms with E-state index in [1.807, 2.05) is 19.1 Å². The Morgan fingerprint density at radius 3 is 2.30 bits per heavy atom. The lowest BCUT2D eigenvalue weighted by molar-refractivity contribution is 0.537. The molecule has 0 saturated heterocycles. The molecule has 2 rings (SSSR count). The van der Waals surface area contributed by atoms with E-state index in [4.69, 9.17) is 17.3 Å². The predicted octanol–water partition coefficient (Wildman–Crippen LogP) is 5.15. The van der Waals surface area contributed by atoms with Crippen molar-refractivity contribution in [3.63, 3.8) is 0 Å². The summed E-state index contributed by atoms with van der Waals surface area (Å²) in [5.74, 6) is 0.329. The average molecular weight is 288 g/mol. The first kappa shape index (κ1) is 15.1. The average Bonchev–Trinajstić information content (AvgIpc) is 2.44. The summed E-state index contributed by atoms with van der Waals surface area (Å²) in [7, 11) is 0. The summed E-state index contributed by atoms with van der Waals surface area (Å²) < 4.78 is 0. The SMILES string of the molecule is CCC(c1ccccc1)C(N)c1cc(C)c(Cl)cc1C. The van der Waals surface area contributed by atoms with Crippen molar-refractivity contribution < 1.29 is 0 Å². The van der Waals surface area contributed by atoms with Crippen LogP contribution in [0.25, 0.3) is 0 Å². The van der Waals surface area contributed by atoms with Gasteiger partial charge in [0, 0.05) is 17.0 Å². The molecule has 0 saturated carbocycles. The van der Waals surface area contributed by atoms with E-state index in [9.17, 15) is 0 Å². The predicted molar refractivity (Wildman–Crippen MR) is 87.3 cm³/mol. The number of hydrogen-bond donors (Lipinski definition) is 1. The van der Waals surface area contributed by atoms with Gasteiger partial charge in [0.25, 0.3) is 0 Å². The van der Waals surface area contributed by atoms with Crippen LogP contribution < -0.4 is 5.73 Å². The lowest BCUT2D eigenvalue weighted by Crippen LogP contribution is -2.20. The highest BCUT2D eigenvalue weighted by Crippen LogP contribution is 2.34. The van der Waals surface area contributed by atoms with Crippen molar-refractivity contribution in [1.82, 2.24) is 0 Å². The van der Waals surface area contributed by atoms with Crippen LogP contribution >= 0.6 is 11.6 Å². The van der Waals surface area contributed by atoms with Gasteiger partial charge in [-0.1, -0.05) is 54.9 Å². The lowest BCUT2D eigenvalue weighted by Gasteiger charge is -2.25. The highest BCUT2D eigenvalue weighted by molar-refractivity contribution is 6.31. The molecule has 0 aliphatic rings. The van der Waals surface area contributed by atoms with E-state index < -0.39 is 0 Å². The Hall–Kier alpha value is -1.31.